The first-order chi connectivity index (χ1) is 8.84. The van der Waals surface area contributed by atoms with E-state index in [0.717, 1.165) is 24.4 Å². The van der Waals surface area contributed by atoms with E-state index in [1.54, 1.807) is 0 Å². The maximum atomic E-state index is 6.29. The molecule has 3 rings (SSSR count). The predicted octanol–water partition coefficient (Wildman–Crippen LogP) is 4.48. The van der Waals surface area contributed by atoms with Gasteiger partial charge in [-0.1, -0.05) is 48.0 Å². The Morgan fingerprint density at radius 1 is 1.00 bits per heavy atom. The zero-order chi connectivity index (χ0) is 12.4. The minimum absolute atomic E-state index is 0.492. The molecule has 2 aromatic rings. The molecule has 0 saturated carbocycles. The average Bonchev–Trinajstić information content (AvgIpc) is 2.62. The number of anilines is 1. The highest BCUT2D eigenvalue weighted by Gasteiger charge is 2.18. The lowest BCUT2D eigenvalue weighted by Crippen LogP contribution is -2.11. The van der Waals surface area contributed by atoms with Crippen molar-refractivity contribution in [3.63, 3.8) is 0 Å². The van der Waals surface area contributed by atoms with Crippen molar-refractivity contribution in [1.82, 2.24) is 0 Å². The molecule has 2 aromatic carbocycles. The molecule has 1 aliphatic rings. The quantitative estimate of drug-likeness (QED) is 0.794. The van der Waals surface area contributed by atoms with Crippen LogP contribution in [0.1, 0.15) is 23.5 Å². The van der Waals surface area contributed by atoms with Crippen molar-refractivity contribution in [3.05, 3.63) is 64.7 Å². The lowest BCUT2D eigenvalue weighted by Gasteiger charge is -2.16. The number of aryl methyl sites for hydroxylation is 1. The van der Waals surface area contributed by atoms with Crippen LogP contribution in [-0.4, -0.2) is 6.54 Å². The third-order valence-corrected chi connectivity index (χ3v) is 4.01. The molecule has 92 valence electrons. The normalized spacial score (nSPS) is 18.6. The van der Waals surface area contributed by atoms with E-state index in [4.69, 9.17) is 11.6 Å². The van der Waals surface area contributed by atoms with Crippen molar-refractivity contribution in [1.29, 1.82) is 0 Å². The Hall–Kier alpha value is -1.47. The topological polar surface area (TPSA) is 12.0 Å². The van der Waals surface area contributed by atoms with E-state index in [-0.39, 0.29) is 0 Å². The van der Waals surface area contributed by atoms with Gasteiger partial charge >= 0.3 is 0 Å². The molecule has 1 atom stereocenters. The Labute approximate surface area is 113 Å². The summed E-state index contributed by atoms with van der Waals surface area (Å²) in [7, 11) is 0. The number of halogens is 1. The van der Waals surface area contributed by atoms with E-state index in [1.165, 1.54) is 16.8 Å². The molecule has 0 saturated heterocycles. The van der Waals surface area contributed by atoms with Crippen LogP contribution >= 0.6 is 11.6 Å². The van der Waals surface area contributed by atoms with E-state index in [1.807, 2.05) is 12.1 Å². The number of para-hydroxylation sites is 1. The van der Waals surface area contributed by atoms with Gasteiger partial charge in [-0.2, -0.15) is 0 Å². The molecule has 1 nitrogen and oxygen atoms in total. The predicted molar refractivity (Wildman–Crippen MR) is 77.4 cm³/mol. The zero-order valence-electron chi connectivity index (χ0n) is 10.2. The summed E-state index contributed by atoms with van der Waals surface area (Å²) >= 11 is 6.29. The lowest BCUT2D eigenvalue weighted by atomic mass is 9.93. The Morgan fingerprint density at radius 3 is 2.67 bits per heavy atom. The largest absolute Gasteiger partial charge is 0.384 e. The number of fused-ring (bicyclic) bond motifs is 1. The molecule has 0 amide bonds. The van der Waals surface area contributed by atoms with Gasteiger partial charge in [0, 0.05) is 23.2 Å². The van der Waals surface area contributed by atoms with Crippen LogP contribution in [0.4, 0.5) is 5.69 Å². The fraction of sp³-hybridized carbons (Fsp3) is 0.250. The van der Waals surface area contributed by atoms with Gasteiger partial charge in [0.05, 0.1) is 0 Å². The minimum atomic E-state index is 0.492. The highest BCUT2D eigenvalue weighted by molar-refractivity contribution is 6.31. The van der Waals surface area contributed by atoms with Crippen LogP contribution in [0.25, 0.3) is 0 Å². The third kappa shape index (κ3) is 2.23. The molecular weight excluding hydrogens is 242 g/mol. The van der Waals surface area contributed by atoms with Crippen molar-refractivity contribution >= 4 is 17.3 Å². The van der Waals surface area contributed by atoms with Crippen LogP contribution in [-0.2, 0) is 6.42 Å². The maximum Gasteiger partial charge on any atom is 0.0441 e. The maximum absolute atomic E-state index is 6.29. The molecule has 0 aliphatic carbocycles. The van der Waals surface area contributed by atoms with Gasteiger partial charge in [-0.05, 0) is 36.1 Å². The van der Waals surface area contributed by atoms with Gasteiger partial charge in [0.1, 0.15) is 0 Å². The summed E-state index contributed by atoms with van der Waals surface area (Å²) < 4.78 is 0. The number of nitrogens with one attached hydrogen (secondary N) is 1. The molecule has 0 fully saturated rings. The number of hydrogen-bond donors (Lipinski definition) is 1. The summed E-state index contributed by atoms with van der Waals surface area (Å²) in [5, 5.41) is 4.43. The van der Waals surface area contributed by atoms with Crippen molar-refractivity contribution in [2.45, 2.75) is 18.8 Å². The number of benzene rings is 2. The molecular formula is C16H16ClN. The highest BCUT2D eigenvalue weighted by atomic mass is 35.5. The van der Waals surface area contributed by atoms with E-state index in [2.05, 4.69) is 41.7 Å². The summed E-state index contributed by atoms with van der Waals surface area (Å²) in [6.07, 6.45) is 2.26. The first kappa shape index (κ1) is 11.6. The minimum Gasteiger partial charge on any atom is -0.384 e. The van der Waals surface area contributed by atoms with Gasteiger partial charge in [0.25, 0.3) is 0 Å². The highest BCUT2D eigenvalue weighted by Crippen LogP contribution is 2.32. The van der Waals surface area contributed by atoms with Crippen molar-refractivity contribution < 1.29 is 0 Å². The average molecular weight is 258 g/mol. The summed E-state index contributed by atoms with van der Waals surface area (Å²) in [5.74, 6) is 0.492. The van der Waals surface area contributed by atoms with Crippen molar-refractivity contribution in [2.24, 2.45) is 0 Å². The second kappa shape index (κ2) is 5.03. The van der Waals surface area contributed by atoms with Gasteiger partial charge in [-0.15, -0.1) is 0 Å². The van der Waals surface area contributed by atoms with Crippen LogP contribution in [0, 0.1) is 0 Å². The Morgan fingerprint density at radius 2 is 1.78 bits per heavy atom. The second-order valence-electron chi connectivity index (χ2n) is 4.80. The molecule has 0 radical (unpaired) electrons. The molecule has 0 aromatic heterocycles. The number of rotatable bonds is 1. The van der Waals surface area contributed by atoms with Crippen molar-refractivity contribution in [3.8, 4) is 0 Å². The molecule has 1 N–H and O–H groups in total. The van der Waals surface area contributed by atoms with Gasteiger partial charge in [0.2, 0.25) is 0 Å². The van der Waals surface area contributed by atoms with Gasteiger partial charge in [-0.25, -0.2) is 0 Å². The first-order valence-corrected chi connectivity index (χ1v) is 6.78. The molecule has 0 spiro atoms. The molecule has 0 bridgehead atoms. The Kier molecular flexibility index (Phi) is 3.24. The van der Waals surface area contributed by atoms with E-state index >= 15 is 0 Å². The van der Waals surface area contributed by atoms with Crippen LogP contribution in [0.3, 0.4) is 0 Å². The molecule has 1 aliphatic heterocycles. The van der Waals surface area contributed by atoms with E-state index in [0.29, 0.717) is 5.92 Å². The summed E-state index contributed by atoms with van der Waals surface area (Å²) in [6, 6.07) is 16.7. The lowest BCUT2D eigenvalue weighted by molar-refractivity contribution is 0.666. The Balaban J connectivity index is 1.85. The number of hydrogen-bond acceptors (Lipinski definition) is 1. The molecule has 18 heavy (non-hydrogen) atoms. The SMILES string of the molecule is Clc1ccccc1[C@H]1CCc2ccccc2NC1. The Bertz CT molecular complexity index is 523. The van der Waals surface area contributed by atoms with Crippen molar-refractivity contribution in [2.75, 3.05) is 11.9 Å². The fourth-order valence-corrected chi connectivity index (χ4v) is 2.94. The standard InChI is InChI=1S/C16H16ClN/c17-15-7-3-2-6-14(15)13-10-9-12-5-1-4-8-16(12)18-11-13/h1-8,13,18H,9-11H2/t13-/m0/s1. The molecule has 1 heterocycles. The van der Waals surface area contributed by atoms with E-state index < -0.39 is 0 Å². The van der Waals surface area contributed by atoms with Gasteiger partial charge in [0.15, 0.2) is 0 Å². The van der Waals surface area contributed by atoms with Gasteiger partial charge in [-0.3, -0.25) is 0 Å². The second-order valence-corrected chi connectivity index (χ2v) is 5.20. The molecule has 0 unspecified atom stereocenters. The van der Waals surface area contributed by atoms with Crippen LogP contribution in [0.2, 0.25) is 5.02 Å². The summed E-state index contributed by atoms with van der Waals surface area (Å²) in [5.41, 5.74) is 3.94. The third-order valence-electron chi connectivity index (χ3n) is 3.66. The van der Waals surface area contributed by atoms with Crippen LogP contribution in [0.5, 0.6) is 0 Å². The smallest absolute Gasteiger partial charge is 0.0441 e. The van der Waals surface area contributed by atoms with E-state index in [9.17, 15) is 0 Å². The summed E-state index contributed by atoms with van der Waals surface area (Å²) in [4.78, 5) is 0. The van der Waals surface area contributed by atoms with Crippen LogP contribution < -0.4 is 5.32 Å². The molecule has 2 heteroatoms. The summed E-state index contributed by atoms with van der Waals surface area (Å²) in [6.45, 7) is 0.959. The van der Waals surface area contributed by atoms with Gasteiger partial charge < -0.3 is 5.32 Å². The first-order valence-electron chi connectivity index (χ1n) is 6.41. The van der Waals surface area contributed by atoms with Crippen LogP contribution in [0.15, 0.2) is 48.5 Å². The zero-order valence-corrected chi connectivity index (χ0v) is 11.0. The monoisotopic (exact) mass is 257 g/mol. The fourth-order valence-electron chi connectivity index (χ4n) is 2.65.